The Morgan fingerprint density at radius 2 is 2.17 bits per heavy atom. The van der Waals surface area contributed by atoms with Gasteiger partial charge in [0.2, 0.25) is 0 Å². The van der Waals surface area contributed by atoms with E-state index in [0.29, 0.717) is 13.1 Å². The van der Waals surface area contributed by atoms with Crippen molar-refractivity contribution in [1.29, 1.82) is 0 Å². The van der Waals surface area contributed by atoms with Gasteiger partial charge in [0.1, 0.15) is 0 Å². The fraction of sp³-hybridized carbons (Fsp3) is 0.643. The first-order chi connectivity index (χ1) is 8.61. The van der Waals surface area contributed by atoms with Crippen molar-refractivity contribution < 1.29 is 9.90 Å². The lowest BCUT2D eigenvalue weighted by molar-refractivity contribution is -0.0824. The molecule has 0 unspecified atom stereocenters. The fourth-order valence-corrected chi connectivity index (χ4v) is 4.00. The first kappa shape index (κ1) is 12.2. The van der Waals surface area contributed by atoms with E-state index in [2.05, 4.69) is 6.07 Å². The molecule has 98 valence electrons. The van der Waals surface area contributed by atoms with Crippen molar-refractivity contribution in [3.63, 3.8) is 0 Å². The Bertz CT molecular complexity index is 451. The molecule has 18 heavy (non-hydrogen) atoms. The van der Waals surface area contributed by atoms with Gasteiger partial charge in [-0.1, -0.05) is 6.92 Å². The van der Waals surface area contributed by atoms with Crippen LogP contribution < -0.4 is 0 Å². The van der Waals surface area contributed by atoms with E-state index in [-0.39, 0.29) is 5.91 Å². The van der Waals surface area contributed by atoms with Gasteiger partial charge in [-0.2, -0.15) is 0 Å². The van der Waals surface area contributed by atoms with Gasteiger partial charge in [-0.3, -0.25) is 4.79 Å². The number of nitrogens with zero attached hydrogens (tertiary/aromatic N) is 1. The highest BCUT2D eigenvalue weighted by Crippen LogP contribution is 2.32. The number of amides is 1. The molecule has 0 aromatic carbocycles. The zero-order chi connectivity index (χ0) is 12.8. The van der Waals surface area contributed by atoms with Gasteiger partial charge < -0.3 is 10.0 Å². The third-order valence-corrected chi connectivity index (χ3v) is 5.35. The Morgan fingerprint density at radius 3 is 2.83 bits per heavy atom. The highest BCUT2D eigenvalue weighted by atomic mass is 32.1. The van der Waals surface area contributed by atoms with Crippen LogP contribution in [0.2, 0.25) is 0 Å². The van der Waals surface area contributed by atoms with Crippen molar-refractivity contribution in [2.75, 3.05) is 13.1 Å². The molecule has 1 aliphatic carbocycles. The highest BCUT2D eigenvalue weighted by Gasteiger charge is 2.42. The van der Waals surface area contributed by atoms with E-state index in [1.165, 1.54) is 23.3 Å². The van der Waals surface area contributed by atoms with Gasteiger partial charge in [-0.25, -0.2) is 0 Å². The van der Waals surface area contributed by atoms with Crippen LogP contribution >= 0.6 is 11.3 Å². The van der Waals surface area contributed by atoms with Gasteiger partial charge in [0.25, 0.3) is 5.91 Å². The van der Waals surface area contributed by atoms with Crippen molar-refractivity contribution >= 4 is 17.2 Å². The number of β-amino-alcohol motifs (C(OH)–C–C–N with tert-alkyl or cyclic N) is 1. The van der Waals surface area contributed by atoms with E-state index in [4.69, 9.17) is 0 Å². The number of carbonyl (C=O) groups excluding carboxylic acids is 1. The average molecular weight is 265 g/mol. The van der Waals surface area contributed by atoms with Crippen LogP contribution in [-0.2, 0) is 12.8 Å². The normalized spacial score (nSPS) is 21.3. The molecule has 0 spiro atoms. The number of likely N-dealkylation sites (tertiary alicyclic amines) is 1. The van der Waals surface area contributed by atoms with Gasteiger partial charge in [-0.05, 0) is 43.7 Å². The van der Waals surface area contributed by atoms with Crippen LogP contribution in [0.3, 0.4) is 0 Å². The zero-order valence-electron chi connectivity index (χ0n) is 10.7. The summed E-state index contributed by atoms with van der Waals surface area (Å²) in [5.41, 5.74) is 0.743. The van der Waals surface area contributed by atoms with Gasteiger partial charge in [-0.15, -0.1) is 11.3 Å². The molecule has 0 atom stereocenters. The summed E-state index contributed by atoms with van der Waals surface area (Å²) in [6, 6.07) is 2.07. The summed E-state index contributed by atoms with van der Waals surface area (Å²) in [5.74, 6) is 0.104. The predicted octanol–water partition coefficient (Wildman–Crippen LogP) is 2.22. The van der Waals surface area contributed by atoms with Crippen LogP contribution in [0.25, 0.3) is 0 Å². The van der Waals surface area contributed by atoms with Gasteiger partial charge in [0.15, 0.2) is 0 Å². The molecule has 0 saturated carbocycles. The number of thiophene rings is 1. The first-order valence-electron chi connectivity index (χ1n) is 6.74. The number of aryl methyl sites for hydroxylation is 2. The van der Waals surface area contributed by atoms with Crippen LogP contribution in [0.1, 0.15) is 46.3 Å². The lowest BCUT2D eigenvalue weighted by atomic mass is 9.91. The smallest absolute Gasteiger partial charge is 0.264 e. The maximum absolute atomic E-state index is 12.3. The summed E-state index contributed by atoms with van der Waals surface area (Å²) < 4.78 is 0. The molecule has 1 aromatic heterocycles. The van der Waals surface area contributed by atoms with Gasteiger partial charge in [0.05, 0.1) is 23.6 Å². The molecule has 1 amide bonds. The van der Waals surface area contributed by atoms with Gasteiger partial charge in [0, 0.05) is 4.88 Å². The highest BCUT2D eigenvalue weighted by molar-refractivity contribution is 7.14. The minimum atomic E-state index is -0.632. The topological polar surface area (TPSA) is 40.5 Å². The summed E-state index contributed by atoms with van der Waals surface area (Å²) in [7, 11) is 0. The molecule has 1 aliphatic heterocycles. The molecule has 1 fully saturated rings. The third-order valence-electron chi connectivity index (χ3n) is 4.12. The van der Waals surface area contributed by atoms with Crippen molar-refractivity contribution in [1.82, 2.24) is 4.90 Å². The summed E-state index contributed by atoms with van der Waals surface area (Å²) in [6.45, 7) is 2.95. The molecule has 4 heteroatoms. The third kappa shape index (κ3) is 1.97. The number of carbonyl (C=O) groups is 1. The Kier molecular flexibility index (Phi) is 2.94. The van der Waals surface area contributed by atoms with E-state index in [9.17, 15) is 9.90 Å². The van der Waals surface area contributed by atoms with E-state index < -0.39 is 5.60 Å². The van der Waals surface area contributed by atoms with Crippen LogP contribution in [-0.4, -0.2) is 34.6 Å². The number of hydrogen-bond acceptors (Lipinski definition) is 3. The molecule has 1 aromatic rings. The Labute approximate surface area is 111 Å². The lowest BCUT2D eigenvalue weighted by Crippen LogP contribution is -2.63. The lowest BCUT2D eigenvalue weighted by Gasteiger charge is -2.45. The quantitative estimate of drug-likeness (QED) is 0.890. The zero-order valence-corrected chi connectivity index (χ0v) is 11.6. The van der Waals surface area contributed by atoms with Crippen molar-refractivity contribution in [3.8, 4) is 0 Å². The number of aliphatic hydroxyl groups is 1. The number of rotatable bonds is 2. The summed E-state index contributed by atoms with van der Waals surface area (Å²) in [6.07, 6.45) is 5.47. The minimum Gasteiger partial charge on any atom is -0.386 e. The maximum Gasteiger partial charge on any atom is 0.264 e. The molecule has 3 nitrogen and oxygen atoms in total. The predicted molar refractivity (Wildman–Crippen MR) is 72.1 cm³/mol. The molecule has 0 bridgehead atoms. The summed E-state index contributed by atoms with van der Waals surface area (Å²) in [4.78, 5) is 16.3. The average Bonchev–Trinajstić information content (AvgIpc) is 2.77. The second-order valence-corrected chi connectivity index (χ2v) is 6.64. The first-order valence-corrected chi connectivity index (χ1v) is 7.56. The fourth-order valence-electron chi connectivity index (χ4n) is 2.78. The number of fused-ring (bicyclic) bond motifs is 1. The Balaban J connectivity index is 1.72. The monoisotopic (exact) mass is 265 g/mol. The van der Waals surface area contributed by atoms with E-state index in [0.717, 1.165) is 24.1 Å². The van der Waals surface area contributed by atoms with Crippen LogP contribution in [0, 0.1) is 0 Å². The molecule has 3 rings (SSSR count). The second kappa shape index (κ2) is 4.35. The Morgan fingerprint density at radius 1 is 1.44 bits per heavy atom. The molecule has 1 saturated heterocycles. The van der Waals surface area contributed by atoms with Crippen LogP contribution in [0.4, 0.5) is 0 Å². The largest absolute Gasteiger partial charge is 0.386 e. The SMILES string of the molecule is CCC1(O)CN(C(=O)c2cc3c(s2)CCCC3)C1. The Hall–Kier alpha value is -0.870. The standard InChI is InChI=1S/C14H19NO2S/c1-2-14(17)8-15(9-14)13(16)12-7-10-5-3-4-6-11(10)18-12/h7,17H,2-6,8-9H2,1H3. The molecule has 0 radical (unpaired) electrons. The van der Waals surface area contributed by atoms with E-state index in [1.807, 2.05) is 6.92 Å². The molecule has 1 N–H and O–H groups in total. The minimum absolute atomic E-state index is 0.104. The molecular formula is C14H19NO2S. The van der Waals surface area contributed by atoms with Crippen LogP contribution in [0.5, 0.6) is 0 Å². The maximum atomic E-state index is 12.3. The van der Waals surface area contributed by atoms with E-state index >= 15 is 0 Å². The van der Waals surface area contributed by atoms with E-state index in [1.54, 1.807) is 16.2 Å². The summed E-state index contributed by atoms with van der Waals surface area (Å²) in [5, 5.41) is 9.96. The number of hydrogen-bond donors (Lipinski definition) is 1. The molecule has 2 aliphatic rings. The van der Waals surface area contributed by atoms with Crippen molar-refractivity contribution in [2.45, 2.75) is 44.6 Å². The van der Waals surface area contributed by atoms with Crippen molar-refractivity contribution in [3.05, 3.63) is 21.4 Å². The van der Waals surface area contributed by atoms with Crippen molar-refractivity contribution in [2.24, 2.45) is 0 Å². The molecular weight excluding hydrogens is 246 g/mol. The van der Waals surface area contributed by atoms with Gasteiger partial charge >= 0.3 is 0 Å². The second-order valence-electron chi connectivity index (χ2n) is 5.51. The summed E-state index contributed by atoms with van der Waals surface area (Å²) >= 11 is 1.66. The molecule has 2 heterocycles. The van der Waals surface area contributed by atoms with Crippen LogP contribution in [0.15, 0.2) is 6.07 Å².